The molecule has 1 saturated heterocycles. The molecule has 0 spiro atoms. The van der Waals surface area contributed by atoms with Crippen LogP contribution in [0.25, 0.3) is 22.3 Å². The van der Waals surface area contributed by atoms with Gasteiger partial charge in [0.1, 0.15) is 23.7 Å². The van der Waals surface area contributed by atoms with Gasteiger partial charge in [0.15, 0.2) is 5.65 Å². The van der Waals surface area contributed by atoms with Gasteiger partial charge in [0, 0.05) is 49.1 Å². The molecule has 2 amide bonds. The summed E-state index contributed by atoms with van der Waals surface area (Å²) in [4.78, 5) is 40.2. The van der Waals surface area contributed by atoms with E-state index >= 15 is 0 Å². The molecule has 1 aliphatic carbocycles. The number of rotatable bonds is 8. The third-order valence-electron chi connectivity index (χ3n) is 7.28. The number of carbonyl (C=O) groups is 2. The zero-order valence-electron chi connectivity index (χ0n) is 22.2. The third-order valence-corrected chi connectivity index (χ3v) is 7.28. The number of hydrogen-bond donors (Lipinski definition) is 3. The summed E-state index contributed by atoms with van der Waals surface area (Å²) in [5, 5.41) is 11.8. The maximum Gasteiger partial charge on any atom is 0.256 e. The molecule has 4 aromatic rings. The summed E-state index contributed by atoms with van der Waals surface area (Å²) in [5.74, 6) is 0.575. The second-order valence-electron chi connectivity index (χ2n) is 10.3. The Bertz CT molecular complexity index is 1590. The van der Waals surface area contributed by atoms with Crippen molar-refractivity contribution in [1.82, 2.24) is 34.9 Å². The van der Waals surface area contributed by atoms with Crippen molar-refractivity contribution in [2.45, 2.75) is 38.3 Å². The maximum atomic E-state index is 12.8. The van der Waals surface area contributed by atoms with E-state index in [4.69, 9.17) is 10.8 Å². The Morgan fingerprint density at radius 3 is 2.70 bits per heavy atom. The van der Waals surface area contributed by atoms with Gasteiger partial charge in [0.05, 0.1) is 11.4 Å². The van der Waals surface area contributed by atoms with Crippen LogP contribution in [0, 0.1) is 6.92 Å². The average Bonchev–Trinajstić information content (AvgIpc) is 3.49. The second kappa shape index (κ2) is 10.9. The summed E-state index contributed by atoms with van der Waals surface area (Å²) < 4.78 is 1.86. The standard InChI is InChI=1S/C29H31N9O2/c1-18-10-13-32-23(15-18)35-29(40)20-6-4-19(5-7-20)26-25-27(30)33-17-34-28(25)38(36-26)22-11-14-37(16-22)24(39)3-2-12-31-21-8-9-21/h2-7,10,13,15,17,21-22,31H,8-9,11-12,14,16H2,1H3,(H2,30,33,34)(H,32,35,40). The van der Waals surface area contributed by atoms with Crippen LogP contribution >= 0.6 is 0 Å². The lowest BCUT2D eigenvalue weighted by molar-refractivity contribution is -0.125. The number of benzene rings is 1. The Kier molecular flexibility index (Phi) is 6.95. The fraction of sp³-hybridized carbons (Fsp3) is 0.310. The van der Waals surface area contributed by atoms with E-state index in [1.807, 2.05) is 46.8 Å². The molecule has 3 aromatic heterocycles. The molecule has 1 aromatic carbocycles. The average molecular weight is 538 g/mol. The first-order valence-corrected chi connectivity index (χ1v) is 13.5. The summed E-state index contributed by atoms with van der Waals surface area (Å²) in [6.45, 7) is 3.82. The van der Waals surface area contributed by atoms with Crippen LogP contribution in [-0.4, -0.2) is 67.1 Å². The molecular weight excluding hydrogens is 506 g/mol. The van der Waals surface area contributed by atoms with Crippen molar-refractivity contribution in [2.24, 2.45) is 0 Å². The molecule has 2 fully saturated rings. The molecular formula is C29H31N9O2. The van der Waals surface area contributed by atoms with E-state index in [1.54, 1.807) is 24.4 Å². The van der Waals surface area contributed by atoms with Crippen LogP contribution in [0.2, 0.25) is 0 Å². The van der Waals surface area contributed by atoms with Gasteiger partial charge in [-0.25, -0.2) is 19.6 Å². The van der Waals surface area contributed by atoms with Crippen LogP contribution in [0.1, 0.15) is 41.2 Å². The molecule has 40 heavy (non-hydrogen) atoms. The first-order chi connectivity index (χ1) is 19.5. The monoisotopic (exact) mass is 537 g/mol. The number of anilines is 2. The van der Waals surface area contributed by atoms with E-state index in [1.165, 1.54) is 19.2 Å². The Labute approximate surface area is 231 Å². The van der Waals surface area contributed by atoms with Gasteiger partial charge in [-0.2, -0.15) is 5.10 Å². The number of fused-ring (bicyclic) bond motifs is 1. The smallest absolute Gasteiger partial charge is 0.256 e. The van der Waals surface area contributed by atoms with Crippen molar-refractivity contribution >= 4 is 34.5 Å². The summed E-state index contributed by atoms with van der Waals surface area (Å²) >= 11 is 0. The fourth-order valence-electron chi connectivity index (χ4n) is 4.95. The van der Waals surface area contributed by atoms with Gasteiger partial charge < -0.3 is 21.3 Å². The van der Waals surface area contributed by atoms with E-state index in [0.29, 0.717) is 59.6 Å². The first-order valence-electron chi connectivity index (χ1n) is 13.5. The molecule has 0 radical (unpaired) electrons. The van der Waals surface area contributed by atoms with Gasteiger partial charge >= 0.3 is 0 Å². The molecule has 1 unspecified atom stereocenters. The molecule has 11 nitrogen and oxygen atoms in total. The largest absolute Gasteiger partial charge is 0.383 e. The number of hydrogen-bond acceptors (Lipinski definition) is 8. The van der Waals surface area contributed by atoms with Crippen molar-refractivity contribution in [3.63, 3.8) is 0 Å². The second-order valence-corrected chi connectivity index (χ2v) is 10.3. The Morgan fingerprint density at radius 1 is 1.10 bits per heavy atom. The normalized spacial score (nSPS) is 17.1. The SMILES string of the molecule is Cc1ccnc(NC(=O)c2ccc(-c3nn(C4CCN(C(=O)C=CCNC5CC5)C4)c4ncnc(N)c34)cc2)c1. The predicted molar refractivity (Wildman–Crippen MR) is 152 cm³/mol. The quantitative estimate of drug-likeness (QED) is 0.291. The lowest BCUT2D eigenvalue weighted by Gasteiger charge is -2.15. The van der Waals surface area contributed by atoms with Crippen LogP contribution in [0.5, 0.6) is 0 Å². The van der Waals surface area contributed by atoms with Gasteiger partial charge in [-0.15, -0.1) is 0 Å². The number of aromatic nitrogens is 5. The third kappa shape index (κ3) is 5.41. The van der Waals surface area contributed by atoms with E-state index in [-0.39, 0.29) is 17.9 Å². The van der Waals surface area contributed by atoms with Gasteiger partial charge in [0.2, 0.25) is 5.91 Å². The lowest BCUT2D eigenvalue weighted by atomic mass is 10.1. The Hall–Kier alpha value is -4.64. The minimum absolute atomic E-state index is 0.000602. The van der Waals surface area contributed by atoms with Crippen molar-refractivity contribution in [3.05, 3.63) is 72.2 Å². The summed E-state index contributed by atoms with van der Waals surface area (Å²) in [6.07, 6.45) is 9.82. The lowest BCUT2D eigenvalue weighted by Crippen LogP contribution is -2.28. The highest BCUT2D eigenvalue weighted by Crippen LogP contribution is 2.34. The fourth-order valence-corrected chi connectivity index (χ4v) is 4.95. The number of nitrogens with one attached hydrogen (secondary N) is 2. The van der Waals surface area contributed by atoms with Crippen LogP contribution in [0.15, 0.2) is 61.1 Å². The molecule has 2 aliphatic rings. The highest BCUT2D eigenvalue weighted by molar-refractivity contribution is 6.04. The summed E-state index contributed by atoms with van der Waals surface area (Å²) in [5.41, 5.74) is 9.84. The summed E-state index contributed by atoms with van der Waals surface area (Å²) in [7, 11) is 0. The number of nitrogens with zero attached hydrogens (tertiary/aromatic N) is 6. The molecule has 4 N–H and O–H groups in total. The maximum absolute atomic E-state index is 12.8. The van der Waals surface area contributed by atoms with Crippen LogP contribution < -0.4 is 16.4 Å². The van der Waals surface area contributed by atoms with Crippen LogP contribution in [0.3, 0.4) is 0 Å². The Balaban J connectivity index is 1.21. The van der Waals surface area contributed by atoms with Gasteiger partial charge in [-0.1, -0.05) is 18.2 Å². The first kappa shape index (κ1) is 25.6. The Morgan fingerprint density at radius 2 is 1.93 bits per heavy atom. The van der Waals surface area contributed by atoms with Crippen molar-refractivity contribution < 1.29 is 9.59 Å². The topological polar surface area (TPSA) is 144 Å². The molecule has 4 heterocycles. The molecule has 0 bridgehead atoms. The van der Waals surface area contributed by atoms with Crippen molar-refractivity contribution in [3.8, 4) is 11.3 Å². The molecule has 1 saturated carbocycles. The molecule has 6 rings (SSSR count). The summed E-state index contributed by atoms with van der Waals surface area (Å²) in [6, 6.07) is 11.4. The van der Waals surface area contributed by atoms with E-state index in [0.717, 1.165) is 17.5 Å². The van der Waals surface area contributed by atoms with Gasteiger partial charge in [-0.3, -0.25) is 9.59 Å². The molecule has 204 valence electrons. The van der Waals surface area contributed by atoms with E-state index in [9.17, 15) is 9.59 Å². The number of amides is 2. The highest BCUT2D eigenvalue weighted by atomic mass is 16.2. The molecule has 1 aliphatic heterocycles. The van der Waals surface area contributed by atoms with Gasteiger partial charge in [0.25, 0.3) is 5.91 Å². The number of pyridine rings is 1. The van der Waals surface area contributed by atoms with Crippen molar-refractivity contribution in [2.75, 3.05) is 30.7 Å². The molecule has 11 heteroatoms. The van der Waals surface area contributed by atoms with Gasteiger partial charge in [-0.05, 0) is 56.0 Å². The number of nitrogens with two attached hydrogens (primary N) is 1. The zero-order valence-corrected chi connectivity index (χ0v) is 22.2. The minimum atomic E-state index is -0.254. The minimum Gasteiger partial charge on any atom is -0.383 e. The van der Waals surface area contributed by atoms with Crippen LogP contribution in [0.4, 0.5) is 11.6 Å². The number of nitrogen functional groups attached to an aromatic ring is 1. The zero-order chi connectivity index (χ0) is 27.6. The van der Waals surface area contributed by atoms with E-state index < -0.39 is 0 Å². The van der Waals surface area contributed by atoms with Crippen molar-refractivity contribution in [1.29, 1.82) is 0 Å². The number of likely N-dealkylation sites (tertiary alicyclic amines) is 1. The predicted octanol–water partition coefficient (Wildman–Crippen LogP) is 3.11. The highest BCUT2D eigenvalue weighted by Gasteiger charge is 2.30. The number of aryl methyl sites for hydroxylation is 1. The van der Waals surface area contributed by atoms with E-state index in [2.05, 4.69) is 25.6 Å². The molecule has 1 atom stereocenters. The van der Waals surface area contributed by atoms with Crippen LogP contribution in [-0.2, 0) is 4.79 Å². The number of carbonyl (C=O) groups excluding carboxylic acids is 2.